The van der Waals surface area contributed by atoms with Crippen molar-refractivity contribution >= 4 is 56.3 Å². The Hall–Kier alpha value is -2.39. The van der Waals surface area contributed by atoms with Crippen LogP contribution >= 0.6 is 27.3 Å². The molecule has 0 saturated carbocycles. The van der Waals surface area contributed by atoms with Gasteiger partial charge in [-0.05, 0) is 55.0 Å². The first-order valence-corrected chi connectivity index (χ1v) is 11.7. The highest BCUT2D eigenvalue weighted by molar-refractivity contribution is 9.10. The van der Waals surface area contributed by atoms with Gasteiger partial charge in [0.2, 0.25) is 12.2 Å². The monoisotopic (exact) mass is 489 g/mol. The Morgan fingerprint density at radius 1 is 1.37 bits per heavy atom. The van der Waals surface area contributed by atoms with Crippen LogP contribution < -0.4 is 15.6 Å². The molecule has 2 aromatic rings. The minimum atomic E-state index is -0.283. The van der Waals surface area contributed by atoms with E-state index in [1.54, 1.807) is 0 Å². The Kier molecular flexibility index (Phi) is 6.10. The topological polar surface area (TPSA) is 77.0 Å². The molecule has 158 valence electrons. The molecule has 30 heavy (non-hydrogen) atoms. The minimum absolute atomic E-state index is 0.0162. The Balaban J connectivity index is 1.38. The first-order chi connectivity index (χ1) is 14.5. The molecule has 9 heteroatoms. The van der Waals surface area contributed by atoms with Gasteiger partial charge in [-0.25, -0.2) is 0 Å². The Bertz CT molecular complexity index is 1010. The molecule has 2 aliphatic heterocycles. The van der Waals surface area contributed by atoms with E-state index in [9.17, 15) is 9.59 Å². The van der Waals surface area contributed by atoms with E-state index in [4.69, 9.17) is 0 Å². The Morgan fingerprint density at radius 2 is 2.20 bits per heavy atom. The maximum Gasteiger partial charge on any atom is 0.269 e. The van der Waals surface area contributed by atoms with E-state index in [2.05, 4.69) is 43.6 Å². The van der Waals surface area contributed by atoms with Crippen molar-refractivity contribution < 1.29 is 9.59 Å². The van der Waals surface area contributed by atoms with Gasteiger partial charge in [-0.2, -0.15) is 5.10 Å². The van der Waals surface area contributed by atoms with E-state index in [1.165, 1.54) is 11.3 Å². The predicted octanol–water partition coefficient (Wildman–Crippen LogP) is 4.50. The SMILES string of the molecule is CCCN1C(=O)c2sccc2N2C(CCCC(=O)Nc3ccc(Br)c(C)c3)=NNC12. The lowest BCUT2D eigenvalue weighted by atomic mass is 10.1. The molecule has 0 saturated heterocycles. The number of fused-ring (bicyclic) bond motifs is 3. The van der Waals surface area contributed by atoms with Crippen molar-refractivity contribution in [3.8, 4) is 0 Å². The summed E-state index contributed by atoms with van der Waals surface area (Å²) in [6.45, 7) is 4.72. The van der Waals surface area contributed by atoms with Gasteiger partial charge in [0.15, 0.2) is 0 Å². The van der Waals surface area contributed by atoms with Crippen LogP contribution in [0.4, 0.5) is 11.4 Å². The Morgan fingerprint density at radius 3 is 2.97 bits per heavy atom. The average molecular weight is 490 g/mol. The second-order valence-corrected chi connectivity index (χ2v) is 9.17. The third-order valence-electron chi connectivity index (χ3n) is 5.20. The van der Waals surface area contributed by atoms with Crippen LogP contribution in [0.2, 0.25) is 0 Å². The predicted molar refractivity (Wildman–Crippen MR) is 124 cm³/mol. The molecular weight excluding hydrogens is 466 g/mol. The number of carbonyl (C=O) groups excluding carboxylic acids is 2. The number of amidine groups is 1. The summed E-state index contributed by atoms with van der Waals surface area (Å²) in [7, 11) is 0. The number of hydrazone groups is 1. The zero-order valence-electron chi connectivity index (χ0n) is 16.9. The standard InChI is InChI=1S/C21H24BrN5O2S/c1-3-10-26-20(29)19-16(9-11-30-19)27-17(24-25-21(26)27)5-4-6-18(28)23-14-7-8-15(22)13(2)12-14/h7-9,11-12,21,25H,3-6,10H2,1-2H3,(H,23,28). The van der Waals surface area contributed by atoms with Crippen molar-refractivity contribution in [2.75, 3.05) is 16.8 Å². The fourth-order valence-electron chi connectivity index (χ4n) is 3.75. The van der Waals surface area contributed by atoms with Crippen molar-refractivity contribution in [1.29, 1.82) is 0 Å². The first kappa shape index (κ1) is 20.9. The second-order valence-electron chi connectivity index (χ2n) is 7.40. The molecule has 0 spiro atoms. The van der Waals surface area contributed by atoms with Gasteiger partial charge in [0, 0.05) is 29.5 Å². The molecule has 2 aliphatic rings. The number of nitrogens with one attached hydrogen (secondary N) is 2. The van der Waals surface area contributed by atoms with E-state index >= 15 is 0 Å². The smallest absolute Gasteiger partial charge is 0.269 e. The highest BCUT2D eigenvalue weighted by Crippen LogP contribution is 2.37. The molecule has 2 N–H and O–H groups in total. The number of benzene rings is 1. The largest absolute Gasteiger partial charge is 0.326 e. The Labute approximate surface area is 188 Å². The lowest BCUT2D eigenvalue weighted by molar-refractivity contribution is -0.116. The molecule has 3 heterocycles. The second kappa shape index (κ2) is 8.77. The summed E-state index contributed by atoms with van der Waals surface area (Å²) < 4.78 is 1.02. The molecule has 0 bridgehead atoms. The van der Waals surface area contributed by atoms with E-state index in [0.717, 1.165) is 38.5 Å². The number of anilines is 2. The number of rotatable bonds is 7. The molecule has 7 nitrogen and oxygen atoms in total. The molecule has 1 atom stereocenters. The fraction of sp³-hybridized carbons (Fsp3) is 0.381. The van der Waals surface area contributed by atoms with Crippen LogP contribution in [-0.4, -0.2) is 35.4 Å². The summed E-state index contributed by atoms with van der Waals surface area (Å²) in [4.78, 5) is 29.8. The zero-order chi connectivity index (χ0) is 21.3. The van der Waals surface area contributed by atoms with Crippen molar-refractivity contribution in [3.05, 3.63) is 44.6 Å². The number of aryl methyl sites for hydroxylation is 1. The lowest BCUT2D eigenvalue weighted by Crippen LogP contribution is -2.58. The van der Waals surface area contributed by atoms with Gasteiger partial charge in [0.05, 0.1) is 5.69 Å². The third-order valence-corrected chi connectivity index (χ3v) is 6.98. The van der Waals surface area contributed by atoms with Gasteiger partial charge in [-0.15, -0.1) is 11.3 Å². The summed E-state index contributed by atoms with van der Waals surface area (Å²) in [5, 5.41) is 9.39. The molecule has 1 aromatic carbocycles. The van der Waals surface area contributed by atoms with Gasteiger partial charge in [0.25, 0.3) is 5.91 Å². The highest BCUT2D eigenvalue weighted by atomic mass is 79.9. The van der Waals surface area contributed by atoms with Gasteiger partial charge < -0.3 is 5.32 Å². The van der Waals surface area contributed by atoms with E-state index in [-0.39, 0.29) is 18.1 Å². The van der Waals surface area contributed by atoms with Crippen molar-refractivity contribution in [3.63, 3.8) is 0 Å². The number of carbonyl (C=O) groups is 2. The normalized spacial score (nSPS) is 17.4. The third kappa shape index (κ3) is 3.96. The summed E-state index contributed by atoms with van der Waals surface area (Å²) in [6.07, 6.45) is 2.32. The molecular formula is C21H24BrN5O2S. The molecule has 2 amide bonds. The molecule has 0 aliphatic carbocycles. The number of amides is 2. The van der Waals surface area contributed by atoms with Crippen molar-refractivity contribution in [2.24, 2.45) is 5.10 Å². The van der Waals surface area contributed by atoms with Crippen LogP contribution in [0.3, 0.4) is 0 Å². The maximum absolute atomic E-state index is 12.8. The quantitative estimate of drug-likeness (QED) is 0.599. The number of nitrogens with zero attached hydrogens (tertiary/aromatic N) is 3. The molecule has 4 rings (SSSR count). The molecule has 0 radical (unpaired) electrons. The lowest BCUT2D eigenvalue weighted by Gasteiger charge is -2.39. The van der Waals surface area contributed by atoms with Crippen LogP contribution in [0.5, 0.6) is 0 Å². The van der Waals surface area contributed by atoms with E-state index in [0.29, 0.717) is 25.8 Å². The summed E-state index contributed by atoms with van der Waals surface area (Å²) >= 11 is 4.93. The van der Waals surface area contributed by atoms with Gasteiger partial charge in [-0.3, -0.25) is 24.8 Å². The minimum Gasteiger partial charge on any atom is -0.326 e. The molecule has 0 fully saturated rings. The number of thiophene rings is 1. The summed E-state index contributed by atoms with van der Waals surface area (Å²) in [5.74, 6) is 0.897. The van der Waals surface area contributed by atoms with Gasteiger partial charge in [0.1, 0.15) is 10.7 Å². The maximum atomic E-state index is 12.8. The van der Waals surface area contributed by atoms with Crippen molar-refractivity contribution in [1.82, 2.24) is 10.3 Å². The van der Waals surface area contributed by atoms with Crippen LogP contribution in [0.1, 0.15) is 47.8 Å². The number of hydrogen-bond donors (Lipinski definition) is 2. The molecule has 1 unspecified atom stereocenters. The van der Waals surface area contributed by atoms with E-state index < -0.39 is 0 Å². The van der Waals surface area contributed by atoms with Crippen molar-refractivity contribution in [2.45, 2.75) is 45.8 Å². The summed E-state index contributed by atoms with van der Waals surface area (Å²) in [5.41, 5.74) is 5.89. The average Bonchev–Trinajstić information content (AvgIpc) is 3.35. The molecule has 1 aromatic heterocycles. The highest BCUT2D eigenvalue weighted by Gasteiger charge is 2.42. The van der Waals surface area contributed by atoms with Crippen LogP contribution in [0.15, 0.2) is 39.2 Å². The first-order valence-electron chi connectivity index (χ1n) is 10.1. The van der Waals surface area contributed by atoms with Gasteiger partial charge >= 0.3 is 0 Å². The number of halogens is 1. The summed E-state index contributed by atoms with van der Waals surface area (Å²) in [6, 6.07) is 7.74. The number of hydrogen-bond acceptors (Lipinski definition) is 6. The van der Waals surface area contributed by atoms with Crippen LogP contribution in [0.25, 0.3) is 0 Å². The fourth-order valence-corrected chi connectivity index (χ4v) is 4.84. The van der Waals surface area contributed by atoms with Gasteiger partial charge in [-0.1, -0.05) is 22.9 Å². The van der Waals surface area contributed by atoms with Crippen LogP contribution in [-0.2, 0) is 4.79 Å². The van der Waals surface area contributed by atoms with E-state index in [1.807, 2.05) is 41.5 Å². The van der Waals surface area contributed by atoms with Crippen LogP contribution in [0, 0.1) is 6.92 Å². The zero-order valence-corrected chi connectivity index (χ0v) is 19.3.